The smallest absolute Gasteiger partial charge is 0.277 e. The van der Waals surface area contributed by atoms with Gasteiger partial charge in [0, 0.05) is 17.8 Å². The van der Waals surface area contributed by atoms with Gasteiger partial charge in [-0.3, -0.25) is 19.2 Å². The molecule has 1 aromatic heterocycles. The molecule has 7 nitrogen and oxygen atoms in total. The number of hydrogen-bond acceptors (Lipinski definition) is 4. The fourth-order valence-corrected chi connectivity index (χ4v) is 4.64. The molecule has 4 aromatic rings. The Bertz CT molecular complexity index is 1410. The summed E-state index contributed by atoms with van der Waals surface area (Å²) in [5.74, 6) is 0.238. The number of carbonyl (C=O) groups excluding carboxylic acids is 2. The van der Waals surface area contributed by atoms with E-state index >= 15 is 0 Å². The van der Waals surface area contributed by atoms with Crippen LogP contribution in [0.2, 0.25) is 0 Å². The zero-order valence-corrected chi connectivity index (χ0v) is 20.6. The molecule has 0 fully saturated rings. The fourth-order valence-electron chi connectivity index (χ4n) is 4.64. The normalized spacial score (nSPS) is 17.0. The fraction of sp³-hybridized carbons (Fsp3) is 0.207. The van der Waals surface area contributed by atoms with Crippen molar-refractivity contribution in [2.24, 2.45) is 0 Å². The lowest BCUT2D eigenvalue weighted by molar-refractivity contribution is -0.126. The van der Waals surface area contributed by atoms with Crippen molar-refractivity contribution >= 4 is 17.5 Å². The average molecular weight is 481 g/mol. The van der Waals surface area contributed by atoms with E-state index in [2.05, 4.69) is 5.32 Å². The minimum atomic E-state index is -1.19. The molecule has 0 saturated heterocycles. The summed E-state index contributed by atoms with van der Waals surface area (Å²) in [6.45, 7) is 4.34. The first-order chi connectivity index (χ1) is 17.4. The van der Waals surface area contributed by atoms with Gasteiger partial charge < -0.3 is 10.1 Å². The lowest BCUT2D eigenvalue weighted by Gasteiger charge is -2.43. The number of methoxy groups -OCH3 is 1. The molecule has 1 atom stereocenters. The molecule has 1 aliphatic heterocycles. The first-order valence-corrected chi connectivity index (χ1v) is 11.9. The van der Waals surface area contributed by atoms with Gasteiger partial charge in [0.15, 0.2) is 0 Å². The third kappa shape index (κ3) is 4.13. The summed E-state index contributed by atoms with van der Waals surface area (Å²) >= 11 is 0. The first kappa shape index (κ1) is 23.4. The number of hydrogen-bond donors (Lipinski definition) is 1. The van der Waals surface area contributed by atoms with Gasteiger partial charge in [0.1, 0.15) is 17.0 Å². The number of carbonyl (C=O) groups is 2. The standard InChI is InChI=1S/C29H28N4O3/c1-20-9-7-8-12-25(20)33-27(34)26-17-24(22-13-15-23(36-3)16-14-22)31-32(26)19-29(33,2)28(35)30-18-21-10-5-4-6-11-21/h4-17H,18-19H2,1-3H3,(H,30,35)/t29-/m0/s1. The number of aromatic nitrogens is 2. The van der Waals surface area contributed by atoms with Crippen molar-refractivity contribution in [1.29, 1.82) is 0 Å². The zero-order chi connectivity index (χ0) is 25.3. The minimum Gasteiger partial charge on any atom is -0.497 e. The Labute approximate surface area is 210 Å². The summed E-state index contributed by atoms with van der Waals surface area (Å²) in [5.41, 5.74) is 3.39. The molecule has 0 unspecified atom stereocenters. The van der Waals surface area contributed by atoms with Crippen molar-refractivity contribution < 1.29 is 14.3 Å². The van der Waals surface area contributed by atoms with Crippen LogP contribution in [0.3, 0.4) is 0 Å². The molecule has 2 amide bonds. The van der Waals surface area contributed by atoms with Crippen molar-refractivity contribution in [2.75, 3.05) is 12.0 Å². The van der Waals surface area contributed by atoms with Crippen molar-refractivity contribution in [3.05, 3.63) is 102 Å². The minimum absolute atomic E-state index is 0.221. The molecule has 1 aliphatic rings. The van der Waals surface area contributed by atoms with Gasteiger partial charge in [0.2, 0.25) is 5.91 Å². The van der Waals surface area contributed by atoms with E-state index in [1.807, 2.05) is 85.8 Å². The Morgan fingerprint density at radius 1 is 1.03 bits per heavy atom. The van der Waals surface area contributed by atoms with Gasteiger partial charge in [-0.05, 0) is 61.4 Å². The highest BCUT2D eigenvalue weighted by Crippen LogP contribution is 2.36. The predicted molar refractivity (Wildman–Crippen MR) is 139 cm³/mol. The summed E-state index contributed by atoms with van der Waals surface area (Å²) in [7, 11) is 1.62. The SMILES string of the molecule is COc1ccc(-c2cc3n(n2)C[C@@](C)(C(=O)NCc2ccccc2)N(c2ccccc2C)C3=O)cc1. The molecule has 0 aliphatic carbocycles. The Balaban J connectivity index is 1.54. The van der Waals surface area contributed by atoms with E-state index in [0.29, 0.717) is 23.6 Å². The monoisotopic (exact) mass is 480 g/mol. The van der Waals surface area contributed by atoms with Crippen LogP contribution in [0.5, 0.6) is 5.75 Å². The van der Waals surface area contributed by atoms with Crippen LogP contribution in [0.1, 0.15) is 28.5 Å². The predicted octanol–water partition coefficient (Wildman–Crippen LogP) is 4.60. The highest BCUT2D eigenvalue weighted by atomic mass is 16.5. The number of nitrogens with one attached hydrogen (secondary N) is 1. The van der Waals surface area contributed by atoms with Gasteiger partial charge in [-0.25, -0.2) is 0 Å². The Hall–Kier alpha value is -4.39. The highest BCUT2D eigenvalue weighted by molar-refractivity contribution is 6.12. The number of para-hydroxylation sites is 1. The van der Waals surface area contributed by atoms with Crippen LogP contribution >= 0.6 is 0 Å². The average Bonchev–Trinajstić information content (AvgIpc) is 3.33. The third-order valence-corrected chi connectivity index (χ3v) is 6.68. The summed E-state index contributed by atoms with van der Waals surface area (Å²) in [6, 6.07) is 26.7. The summed E-state index contributed by atoms with van der Waals surface area (Å²) < 4.78 is 6.91. The number of aryl methyl sites for hydroxylation is 1. The van der Waals surface area contributed by atoms with E-state index in [1.54, 1.807) is 29.7 Å². The molecule has 36 heavy (non-hydrogen) atoms. The lowest BCUT2D eigenvalue weighted by atomic mass is 9.93. The molecule has 0 radical (unpaired) electrons. The topological polar surface area (TPSA) is 76.5 Å². The Morgan fingerprint density at radius 3 is 2.42 bits per heavy atom. The molecular weight excluding hydrogens is 452 g/mol. The second-order valence-electron chi connectivity index (χ2n) is 9.17. The molecule has 1 N–H and O–H groups in total. The van der Waals surface area contributed by atoms with Crippen LogP contribution in [0.4, 0.5) is 5.69 Å². The van der Waals surface area contributed by atoms with Crippen molar-refractivity contribution in [1.82, 2.24) is 15.1 Å². The van der Waals surface area contributed by atoms with Gasteiger partial charge in [0.05, 0.1) is 19.3 Å². The van der Waals surface area contributed by atoms with Crippen LogP contribution in [-0.4, -0.2) is 34.2 Å². The number of ether oxygens (including phenoxy) is 1. The maximum Gasteiger partial charge on any atom is 0.277 e. The van der Waals surface area contributed by atoms with Crippen molar-refractivity contribution in [3.8, 4) is 17.0 Å². The summed E-state index contributed by atoms with van der Waals surface area (Å²) in [6.07, 6.45) is 0. The molecule has 2 heterocycles. The van der Waals surface area contributed by atoms with E-state index in [4.69, 9.17) is 9.84 Å². The molecule has 3 aromatic carbocycles. The maximum absolute atomic E-state index is 14.0. The molecule has 0 saturated carbocycles. The van der Waals surface area contributed by atoms with Crippen LogP contribution < -0.4 is 15.0 Å². The lowest BCUT2D eigenvalue weighted by Crippen LogP contribution is -2.64. The van der Waals surface area contributed by atoms with Gasteiger partial charge in [-0.15, -0.1) is 0 Å². The van der Waals surface area contributed by atoms with Gasteiger partial charge in [0.25, 0.3) is 5.91 Å². The van der Waals surface area contributed by atoms with Crippen LogP contribution in [0, 0.1) is 6.92 Å². The zero-order valence-electron chi connectivity index (χ0n) is 20.6. The van der Waals surface area contributed by atoms with Crippen LogP contribution in [-0.2, 0) is 17.9 Å². The Kier molecular flexibility index (Phi) is 6.06. The van der Waals surface area contributed by atoms with Gasteiger partial charge in [-0.1, -0.05) is 48.5 Å². The van der Waals surface area contributed by atoms with Crippen LogP contribution in [0.15, 0.2) is 84.9 Å². The third-order valence-electron chi connectivity index (χ3n) is 6.68. The molecule has 182 valence electrons. The van der Waals surface area contributed by atoms with E-state index in [-0.39, 0.29) is 18.4 Å². The van der Waals surface area contributed by atoms with Gasteiger partial charge >= 0.3 is 0 Å². The Morgan fingerprint density at radius 2 is 1.72 bits per heavy atom. The largest absolute Gasteiger partial charge is 0.497 e. The molecule has 7 heteroatoms. The molecule has 5 rings (SSSR count). The number of fused-ring (bicyclic) bond motifs is 1. The van der Waals surface area contributed by atoms with E-state index < -0.39 is 5.54 Å². The van der Waals surface area contributed by atoms with Crippen molar-refractivity contribution in [2.45, 2.75) is 32.5 Å². The summed E-state index contributed by atoms with van der Waals surface area (Å²) in [5, 5.41) is 7.77. The quantitative estimate of drug-likeness (QED) is 0.438. The van der Waals surface area contributed by atoms with E-state index in [1.165, 1.54) is 0 Å². The number of rotatable bonds is 6. The van der Waals surface area contributed by atoms with Crippen molar-refractivity contribution in [3.63, 3.8) is 0 Å². The van der Waals surface area contributed by atoms with Gasteiger partial charge in [-0.2, -0.15) is 5.10 Å². The maximum atomic E-state index is 14.0. The second kappa shape index (κ2) is 9.34. The van der Waals surface area contributed by atoms with E-state index in [0.717, 1.165) is 22.4 Å². The summed E-state index contributed by atoms with van der Waals surface area (Å²) in [4.78, 5) is 29.3. The number of nitrogens with zero attached hydrogens (tertiary/aromatic N) is 3. The molecular formula is C29H28N4O3. The molecule has 0 spiro atoms. The number of benzene rings is 3. The second-order valence-corrected chi connectivity index (χ2v) is 9.17. The number of amides is 2. The van der Waals surface area contributed by atoms with Crippen LogP contribution in [0.25, 0.3) is 11.3 Å². The molecule has 0 bridgehead atoms. The van der Waals surface area contributed by atoms with E-state index in [9.17, 15) is 9.59 Å². The highest BCUT2D eigenvalue weighted by Gasteiger charge is 2.49. The first-order valence-electron chi connectivity index (χ1n) is 11.9. The number of anilines is 1.